The fourth-order valence-corrected chi connectivity index (χ4v) is 2.13. The zero-order valence-corrected chi connectivity index (χ0v) is 12.3. The summed E-state index contributed by atoms with van der Waals surface area (Å²) < 4.78 is 0. The quantitative estimate of drug-likeness (QED) is 0.636. The van der Waals surface area contributed by atoms with Gasteiger partial charge in [0.1, 0.15) is 6.04 Å². The zero-order valence-electron chi connectivity index (χ0n) is 11.5. The minimum atomic E-state index is -0.990. The molecule has 0 aliphatic rings. The van der Waals surface area contributed by atoms with E-state index >= 15 is 0 Å². The number of benzene rings is 1. The number of aliphatic carboxylic acids is 1. The lowest BCUT2D eigenvalue weighted by molar-refractivity contribution is -0.141. The number of nitrogens with one attached hydrogen (secondary N) is 2. The molecule has 1 unspecified atom stereocenters. The van der Waals surface area contributed by atoms with Crippen molar-refractivity contribution in [2.24, 2.45) is 0 Å². The van der Waals surface area contributed by atoms with Gasteiger partial charge < -0.3 is 15.7 Å². The number of rotatable bonds is 9. The summed E-state index contributed by atoms with van der Waals surface area (Å²) in [6, 6.07) is 8.90. The lowest BCUT2D eigenvalue weighted by atomic mass is 10.2. The molecule has 0 aliphatic carbocycles. The molecule has 0 saturated heterocycles. The number of hydrogen-bond donors (Lipinski definition) is 3. The monoisotopic (exact) mass is 296 g/mol. The van der Waals surface area contributed by atoms with Crippen LogP contribution in [0.15, 0.2) is 30.3 Å². The first-order valence-corrected chi connectivity index (χ1v) is 7.78. The fraction of sp³-hybridized carbons (Fsp3) is 0.429. The Morgan fingerprint density at radius 2 is 2.00 bits per heavy atom. The van der Waals surface area contributed by atoms with Crippen LogP contribution in [0.1, 0.15) is 12.0 Å². The largest absolute Gasteiger partial charge is 0.480 e. The van der Waals surface area contributed by atoms with Crippen LogP contribution in [-0.2, 0) is 16.1 Å². The number of thioether (sulfide) groups is 1. The van der Waals surface area contributed by atoms with E-state index < -0.39 is 12.0 Å². The number of amides is 1. The molecule has 1 aromatic rings. The van der Waals surface area contributed by atoms with Gasteiger partial charge in [-0.3, -0.25) is 4.79 Å². The maximum absolute atomic E-state index is 11.7. The fourth-order valence-electron chi connectivity index (χ4n) is 1.65. The maximum Gasteiger partial charge on any atom is 0.326 e. The molecule has 1 rings (SSSR count). The Morgan fingerprint density at radius 1 is 1.30 bits per heavy atom. The summed E-state index contributed by atoms with van der Waals surface area (Å²) in [7, 11) is 0. The normalized spacial score (nSPS) is 11.8. The molecule has 0 saturated carbocycles. The van der Waals surface area contributed by atoms with Crippen LogP contribution in [0.5, 0.6) is 0 Å². The number of carboxylic acids is 1. The van der Waals surface area contributed by atoms with E-state index in [1.54, 1.807) is 11.8 Å². The molecular weight excluding hydrogens is 276 g/mol. The molecule has 6 heteroatoms. The van der Waals surface area contributed by atoms with E-state index in [2.05, 4.69) is 10.6 Å². The van der Waals surface area contributed by atoms with Gasteiger partial charge >= 0.3 is 5.97 Å². The van der Waals surface area contributed by atoms with Crippen LogP contribution < -0.4 is 10.6 Å². The molecule has 5 nitrogen and oxygen atoms in total. The minimum absolute atomic E-state index is 0.109. The lowest BCUT2D eigenvalue weighted by Gasteiger charge is -2.14. The predicted octanol–water partition coefficient (Wildman–Crippen LogP) is 1.10. The average molecular weight is 296 g/mol. The summed E-state index contributed by atoms with van der Waals surface area (Å²) in [6.07, 6.45) is 2.34. The standard InChI is InChI=1S/C14H20N2O3S/c1-20-8-7-12(14(18)19)16-13(17)10-15-9-11-5-3-2-4-6-11/h2-6,12,15H,7-10H2,1H3,(H,16,17)(H,18,19). The van der Waals surface area contributed by atoms with Crippen molar-refractivity contribution in [1.29, 1.82) is 0 Å². The zero-order chi connectivity index (χ0) is 14.8. The van der Waals surface area contributed by atoms with Crippen molar-refractivity contribution in [2.45, 2.75) is 19.0 Å². The van der Waals surface area contributed by atoms with Crippen LogP contribution in [0.25, 0.3) is 0 Å². The minimum Gasteiger partial charge on any atom is -0.480 e. The van der Waals surface area contributed by atoms with Gasteiger partial charge in [-0.25, -0.2) is 4.79 Å². The van der Waals surface area contributed by atoms with E-state index in [0.29, 0.717) is 18.7 Å². The Labute approximate surface area is 123 Å². The third-order valence-corrected chi connectivity index (χ3v) is 3.35. The molecule has 110 valence electrons. The third-order valence-electron chi connectivity index (χ3n) is 2.70. The summed E-state index contributed by atoms with van der Waals surface area (Å²) in [4.78, 5) is 22.7. The van der Waals surface area contributed by atoms with Crippen molar-refractivity contribution in [3.63, 3.8) is 0 Å². The van der Waals surface area contributed by atoms with E-state index in [1.165, 1.54) is 0 Å². The van der Waals surface area contributed by atoms with E-state index in [4.69, 9.17) is 5.11 Å². The highest BCUT2D eigenvalue weighted by Gasteiger charge is 2.18. The van der Waals surface area contributed by atoms with Crippen LogP contribution in [0, 0.1) is 0 Å². The van der Waals surface area contributed by atoms with Gasteiger partial charge in [-0.1, -0.05) is 30.3 Å². The van der Waals surface area contributed by atoms with Crippen LogP contribution in [0.4, 0.5) is 0 Å². The Balaban J connectivity index is 2.29. The number of carboxylic acid groups (broad SMARTS) is 1. The van der Waals surface area contributed by atoms with E-state index in [1.807, 2.05) is 36.6 Å². The highest BCUT2D eigenvalue weighted by molar-refractivity contribution is 7.98. The molecule has 3 N–H and O–H groups in total. The topological polar surface area (TPSA) is 78.4 Å². The highest BCUT2D eigenvalue weighted by Crippen LogP contribution is 2.01. The highest BCUT2D eigenvalue weighted by atomic mass is 32.2. The van der Waals surface area contributed by atoms with Crippen molar-refractivity contribution in [3.8, 4) is 0 Å². The Kier molecular flexibility index (Phi) is 7.75. The molecule has 0 fully saturated rings. The number of carbonyl (C=O) groups excluding carboxylic acids is 1. The van der Waals surface area contributed by atoms with Gasteiger partial charge in [0.25, 0.3) is 0 Å². The summed E-state index contributed by atoms with van der Waals surface area (Å²) in [5.41, 5.74) is 1.08. The summed E-state index contributed by atoms with van der Waals surface area (Å²) in [5, 5.41) is 14.5. The first-order valence-electron chi connectivity index (χ1n) is 6.39. The number of carbonyl (C=O) groups is 2. The van der Waals surface area contributed by atoms with E-state index in [-0.39, 0.29) is 12.5 Å². The lowest BCUT2D eigenvalue weighted by Crippen LogP contribution is -2.44. The molecule has 0 bridgehead atoms. The molecule has 0 heterocycles. The molecular formula is C14H20N2O3S. The van der Waals surface area contributed by atoms with E-state index in [0.717, 1.165) is 5.56 Å². The first-order chi connectivity index (χ1) is 9.63. The van der Waals surface area contributed by atoms with Crippen molar-refractivity contribution in [1.82, 2.24) is 10.6 Å². The second-order valence-corrected chi connectivity index (χ2v) is 5.31. The molecule has 1 atom stereocenters. The van der Waals surface area contributed by atoms with Crippen molar-refractivity contribution in [2.75, 3.05) is 18.6 Å². The maximum atomic E-state index is 11.7. The summed E-state index contributed by atoms with van der Waals surface area (Å²) in [6.45, 7) is 0.689. The molecule has 1 aromatic carbocycles. The van der Waals surface area contributed by atoms with Gasteiger partial charge in [-0.2, -0.15) is 11.8 Å². The predicted molar refractivity (Wildman–Crippen MR) is 80.7 cm³/mol. The molecule has 0 radical (unpaired) electrons. The molecule has 20 heavy (non-hydrogen) atoms. The van der Waals surface area contributed by atoms with Crippen LogP contribution in [-0.4, -0.2) is 41.6 Å². The summed E-state index contributed by atoms with van der Waals surface area (Å²) >= 11 is 1.56. The van der Waals surface area contributed by atoms with Gasteiger partial charge in [0, 0.05) is 6.54 Å². The van der Waals surface area contributed by atoms with Crippen molar-refractivity contribution < 1.29 is 14.7 Å². The SMILES string of the molecule is CSCCC(NC(=O)CNCc1ccccc1)C(=O)O. The summed E-state index contributed by atoms with van der Waals surface area (Å²) in [5.74, 6) is -0.584. The van der Waals surface area contributed by atoms with Gasteiger partial charge in [0.15, 0.2) is 0 Å². The van der Waals surface area contributed by atoms with Crippen LogP contribution in [0.2, 0.25) is 0 Å². The van der Waals surface area contributed by atoms with E-state index in [9.17, 15) is 9.59 Å². The molecule has 0 aliphatic heterocycles. The second-order valence-electron chi connectivity index (χ2n) is 4.33. The van der Waals surface area contributed by atoms with Gasteiger partial charge in [0.2, 0.25) is 5.91 Å². The van der Waals surface area contributed by atoms with Crippen LogP contribution >= 0.6 is 11.8 Å². The second kappa shape index (κ2) is 9.39. The van der Waals surface area contributed by atoms with Crippen LogP contribution in [0.3, 0.4) is 0 Å². The van der Waals surface area contributed by atoms with Gasteiger partial charge in [-0.05, 0) is 24.0 Å². The molecule has 0 aromatic heterocycles. The number of hydrogen-bond acceptors (Lipinski definition) is 4. The van der Waals surface area contributed by atoms with Gasteiger partial charge in [0.05, 0.1) is 6.54 Å². The van der Waals surface area contributed by atoms with Gasteiger partial charge in [-0.15, -0.1) is 0 Å². The molecule has 0 spiro atoms. The smallest absolute Gasteiger partial charge is 0.326 e. The first kappa shape index (κ1) is 16.5. The Hall–Kier alpha value is -1.53. The Bertz CT molecular complexity index is 426. The Morgan fingerprint density at radius 3 is 2.60 bits per heavy atom. The van der Waals surface area contributed by atoms with Crippen molar-refractivity contribution >= 4 is 23.6 Å². The average Bonchev–Trinajstić information content (AvgIpc) is 2.44. The molecule has 1 amide bonds. The van der Waals surface area contributed by atoms with Crippen molar-refractivity contribution in [3.05, 3.63) is 35.9 Å². The third kappa shape index (κ3) is 6.58.